The lowest BCUT2D eigenvalue weighted by Gasteiger charge is -2.22. The largest absolute Gasteiger partial charge is 0.382 e. The maximum Gasteiger partial charge on any atom is 0.265 e. The first-order valence-electron chi connectivity index (χ1n) is 6.68. The molecule has 1 atom stereocenters. The van der Waals surface area contributed by atoms with Crippen LogP contribution in [0.1, 0.15) is 23.0 Å². The molecule has 1 saturated heterocycles. The number of carbonyl (C=O) groups is 1. The summed E-state index contributed by atoms with van der Waals surface area (Å²) < 4.78 is 10.7. The smallest absolute Gasteiger partial charge is 0.265 e. The number of nitrogen functional groups attached to an aromatic ring is 1. The molecule has 4 N–H and O–H groups in total. The first-order chi connectivity index (χ1) is 9.70. The number of anilines is 2. The Hall–Kier alpha value is -1.38. The van der Waals surface area contributed by atoms with Gasteiger partial charge in [-0.25, -0.2) is 4.98 Å². The molecule has 20 heavy (non-hydrogen) atoms. The van der Waals surface area contributed by atoms with E-state index >= 15 is 0 Å². The minimum atomic E-state index is -0.223. The molecule has 0 bridgehead atoms. The summed E-state index contributed by atoms with van der Waals surface area (Å²) in [6, 6.07) is 0. The summed E-state index contributed by atoms with van der Waals surface area (Å²) in [6.45, 7) is 4.95. The zero-order valence-electron chi connectivity index (χ0n) is 11.5. The second-order valence-electron chi connectivity index (χ2n) is 4.44. The summed E-state index contributed by atoms with van der Waals surface area (Å²) in [4.78, 5) is 16.6. The van der Waals surface area contributed by atoms with Gasteiger partial charge in [-0.05, 0) is 6.42 Å². The number of nitrogens with two attached hydrogens (primary N) is 1. The molecule has 7 nitrogen and oxygen atoms in total. The van der Waals surface area contributed by atoms with Crippen LogP contribution in [-0.2, 0) is 9.47 Å². The summed E-state index contributed by atoms with van der Waals surface area (Å²) in [7, 11) is 0. The van der Waals surface area contributed by atoms with Gasteiger partial charge in [0.2, 0.25) is 0 Å². The highest BCUT2D eigenvalue weighted by atomic mass is 32.1. The van der Waals surface area contributed by atoms with Gasteiger partial charge in [0.15, 0.2) is 5.13 Å². The molecule has 1 aromatic rings. The number of rotatable bonds is 6. The standard InChI is InChI=1S/C12H20N4O3S/c1-2-3-14-12-16-10(13)9(20-12)11(17)15-6-8-7-18-4-5-19-8/h8H,2-7,13H2,1H3,(H,14,16)(H,15,17). The number of hydrogen-bond donors (Lipinski definition) is 3. The molecule has 0 radical (unpaired) electrons. The van der Waals surface area contributed by atoms with Gasteiger partial charge in [-0.1, -0.05) is 18.3 Å². The molecule has 2 heterocycles. The zero-order chi connectivity index (χ0) is 14.4. The molecule has 0 aliphatic carbocycles. The van der Waals surface area contributed by atoms with Crippen molar-refractivity contribution in [2.45, 2.75) is 19.4 Å². The van der Waals surface area contributed by atoms with Crippen molar-refractivity contribution < 1.29 is 14.3 Å². The van der Waals surface area contributed by atoms with Crippen LogP contribution in [0.2, 0.25) is 0 Å². The Morgan fingerprint density at radius 3 is 3.10 bits per heavy atom. The van der Waals surface area contributed by atoms with Gasteiger partial charge < -0.3 is 25.8 Å². The molecule has 0 aromatic carbocycles. The van der Waals surface area contributed by atoms with Crippen LogP contribution in [0.5, 0.6) is 0 Å². The lowest BCUT2D eigenvalue weighted by Crippen LogP contribution is -2.39. The minimum Gasteiger partial charge on any atom is -0.382 e. The highest BCUT2D eigenvalue weighted by Crippen LogP contribution is 2.24. The van der Waals surface area contributed by atoms with Gasteiger partial charge in [0.25, 0.3) is 5.91 Å². The number of amides is 1. The van der Waals surface area contributed by atoms with Gasteiger partial charge in [0.05, 0.1) is 25.9 Å². The number of nitrogens with one attached hydrogen (secondary N) is 2. The van der Waals surface area contributed by atoms with Gasteiger partial charge in [0.1, 0.15) is 10.7 Å². The van der Waals surface area contributed by atoms with Crippen LogP contribution >= 0.6 is 11.3 Å². The second-order valence-corrected chi connectivity index (χ2v) is 5.44. The maximum atomic E-state index is 12.1. The quantitative estimate of drug-likeness (QED) is 0.715. The van der Waals surface area contributed by atoms with Crippen LogP contribution < -0.4 is 16.4 Å². The van der Waals surface area contributed by atoms with Crippen molar-refractivity contribution in [3.63, 3.8) is 0 Å². The number of hydrogen-bond acceptors (Lipinski definition) is 7. The number of ether oxygens (including phenoxy) is 2. The van der Waals surface area contributed by atoms with Crippen molar-refractivity contribution in [1.82, 2.24) is 10.3 Å². The fraction of sp³-hybridized carbons (Fsp3) is 0.667. The molecule has 1 aliphatic rings. The SMILES string of the molecule is CCCNc1nc(N)c(C(=O)NCC2COCCO2)s1. The van der Waals surface area contributed by atoms with Gasteiger partial charge in [-0.2, -0.15) is 0 Å². The summed E-state index contributed by atoms with van der Waals surface area (Å²) in [5, 5.41) is 6.59. The first-order valence-corrected chi connectivity index (χ1v) is 7.50. The van der Waals surface area contributed by atoms with Crippen molar-refractivity contribution in [3.8, 4) is 0 Å². The lowest BCUT2D eigenvalue weighted by molar-refractivity contribution is -0.0855. The predicted octanol–water partition coefficient (Wildman–Crippen LogP) is 0.692. The minimum absolute atomic E-state index is 0.0977. The van der Waals surface area contributed by atoms with Crippen LogP contribution in [0.25, 0.3) is 0 Å². The summed E-state index contributed by atoms with van der Waals surface area (Å²) in [5.41, 5.74) is 5.77. The van der Waals surface area contributed by atoms with Crippen molar-refractivity contribution >= 4 is 28.2 Å². The number of thiazole rings is 1. The van der Waals surface area contributed by atoms with E-state index in [0.29, 0.717) is 36.4 Å². The van der Waals surface area contributed by atoms with Crippen LogP contribution in [0.3, 0.4) is 0 Å². The second kappa shape index (κ2) is 7.41. The van der Waals surface area contributed by atoms with Crippen molar-refractivity contribution in [3.05, 3.63) is 4.88 Å². The summed E-state index contributed by atoms with van der Waals surface area (Å²) in [6.07, 6.45) is 0.888. The first kappa shape index (κ1) is 15.0. The van der Waals surface area contributed by atoms with E-state index in [1.54, 1.807) is 0 Å². The molecule has 1 unspecified atom stereocenters. The summed E-state index contributed by atoms with van der Waals surface area (Å²) >= 11 is 1.26. The predicted molar refractivity (Wildman–Crippen MR) is 78.2 cm³/mol. The Kier molecular flexibility index (Phi) is 5.57. The summed E-state index contributed by atoms with van der Waals surface area (Å²) in [5.74, 6) is 0.0330. The third kappa shape index (κ3) is 4.06. The van der Waals surface area contributed by atoms with Crippen LogP contribution in [0, 0.1) is 0 Å². The van der Waals surface area contributed by atoms with Gasteiger partial charge in [-0.3, -0.25) is 4.79 Å². The molecular weight excluding hydrogens is 280 g/mol. The molecular formula is C12H20N4O3S. The van der Waals surface area contributed by atoms with Gasteiger partial charge in [0, 0.05) is 13.1 Å². The maximum absolute atomic E-state index is 12.1. The molecule has 2 rings (SSSR count). The topological polar surface area (TPSA) is 98.5 Å². The van der Waals surface area contributed by atoms with Crippen molar-refractivity contribution in [2.24, 2.45) is 0 Å². The highest BCUT2D eigenvalue weighted by molar-refractivity contribution is 7.18. The fourth-order valence-electron chi connectivity index (χ4n) is 1.74. The normalized spacial score (nSPS) is 18.8. The third-order valence-electron chi connectivity index (χ3n) is 2.76. The number of carbonyl (C=O) groups excluding carboxylic acids is 1. The van der Waals surface area contributed by atoms with E-state index in [9.17, 15) is 4.79 Å². The average molecular weight is 300 g/mol. The molecule has 8 heteroatoms. The zero-order valence-corrected chi connectivity index (χ0v) is 12.3. The van der Waals surface area contributed by atoms with Crippen LogP contribution in [-0.4, -0.2) is 49.9 Å². The van der Waals surface area contributed by atoms with Crippen LogP contribution in [0.4, 0.5) is 10.9 Å². The van der Waals surface area contributed by atoms with Crippen molar-refractivity contribution in [2.75, 3.05) is 44.0 Å². The van der Waals surface area contributed by atoms with Crippen molar-refractivity contribution in [1.29, 1.82) is 0 Å². The Morgan fingerprint density at radius 2 is 2.40 bits per heavy atom. The lowest BCUT2D eigenvalue weighted by atomic mass is 10.3. The van der Waals surface area contributed by atoms with E-state index in [-0.39, 0.29) is 17.8 Å². The molecule has 112 valence electrons. The van der Waals surface area contributed by atoms with E-state index in [0.717, 1.165) is 13.0 Å². The van der Waals surface area contributed by atoms with E-state index < -0.39 is 0 Å². The third-order valence-corrected chi connectivity index (χ3v) is 3.79. The average Bonchev–Trinajstić information content (AvgIpc) is 2.85. The van der Waals surface area contributed by atoms with E-state index in [4.69, 9.17) is 15.2 Å². The van der Waals surface area contributed by atoms with E-state index in [1.807, 2.05) is 0 Å². The number of nitrogens with zero attached hydrogens (tertiary/aromatic N) is 1. The van der Waals surface area contributed by atoms with E-state index in [1.165, 1.54) is 11.3 Å². The van der Waals surface area contributed by atoms with Gasteiger partial charge >= 0.3 is 0 Å². The Morgan fingerprint density at radius 1 is 1.55 bits per heavy atom. The number of aromatic nitrogens is 1. The fourth-order valence-corrected chi connectivity index (χ4v) is 2.57. The molecule has 0 spiro atoms. The monoisotopic (exact) mass is 300 g/mol. The Bertz CT molecular complexity index is 446. The van der Waals surface area contributed by atoms with E-state index in [2.05, 4.69) is 22.5 Å². The van der Waals surface area contributed by atoms with Gasteiger partial charge in [-0.15, -0.1) is 0 Å². The molecule has 1 aliphatic heterocycles. The highest BCUT2D eigenvalue weighted by Gasteiger charge is 2.19. The molecule has 1 amide bonds. The molecule has 0 saturated carbocycles. The Balaban J connectivity index is 1.86. The molecule has 1 aromatic heterocycles. The van der Waals surface area contributed by atoms with Crippen LogP contribution in [0.15, 0.2) is 0 Å². The molecule has 1 fully saturated rings. The Labute approximate surface area is 121 Å².